The zero-order valence-corrected chi connectivity index (χ0v) is 12.6. The maximum absolute atomic E-state index is 11.9. The van der Waals surface area contributed by atoms with Crippen molar-refractivity contribution in [2.45, 2.75) is 20.0 Å². The second-order valence-electron chi connectivity index (χ2n) is 4.50. The van der Waals surface area contributed by atoms with E-state index in [0.717, 1.165) is 5.56 Å². The highest BCUT2D eigenvalue weighted by Gasteiger charge is 2.16. The third-order valence-corrected chi connectivity index (χ3v) is 3.58. The topological polar surface area (TPSA) is 67.4 Å². The number of hydrogen-bond acceptors (Lipinski definition) is 4. The molecule has 1 heterocycles. The van der Waals surface area contributed by atoms with E-state index in [1.165, 1.54) is 11.3 Å². The Morgan fingerprint density at radius 2 is 2.00 bits per heavy atom. The zero-order valence-electron chi connectivity index (χ0n) is 11.8. The van der Waals surface area contributed by atoms with Crippen LogP contribution < -0.4 is 15.6 Å². The molecule has 2 aromatic rings. The smallest absolute Gasteiger partial charge is 0.279 e. The van der Waals surface area contributed by atoms with Crippen LogP contribution in [-0.4, -0.2) is 17.9 Å². The molecule has 0 saturated carbocycles. The van der Waals surface area contributed by atoms with Gasteiger partial charge in [-0.2, -0.15) is 0 Å². The second kappa shape index (κ2) is 6.90. The Hall–Kier alpha value is -2.34. The van der Waals surface area contributed by atoms with Gasteiger partial charge in [-0.05, 0) is 43.0 Å². The van der Waals surface area contributed by atoms with Gasteiger partial charge in [0.15, 0.2) is 6.10 Å². The number of nitrogens with one attached hydrogen (secondary N) is 2. The van der Waals surface area contributed by atoms with Gasteiger partial charge in [0.1, 0.15) is 5.75 Å². The van der Waals surface area contributed by atoms with Gasteiger partial charge in [-0.1, -0.05) is 18.2 Å². The number of benzene rings is 1. The predicted octanol–water partition coefficient (Wildman–Crippen LogP) is 2.29. The van der Waals surface area contributed by atoms with E-state index < -0.39 is 12.0 Å². The van der Waals surface area contributed by atoms with E-state index in [2.05, 4.69) is 10.9 Å². The quantitative estimate of drug-likeness (QED) is 0.852. The molecule has 1 atom stereocenters. The van der Waals surface area contributed by atoms with Crippen molar-refractivity contribution in [2.75, 3.05) is 0 Å². The molecule has 0 aliphatic rings. The van der Waals surface area contributed by atoms with Gasteiger partial charge in [0.2, 0.25) is 0 Å². The van der Waals surface area contributed by atoms with Crippen molar-refractivity contribution < 1.29 is 14.3 Å². The molecule has 0 saturated heterocycles. The summed E-state index contributed by atoms with van der Waals surface area (Å²) in [5.74, 6) is -0.148. The van der Waals surface area contributed by atoms with Crippen LogP contribution in [0.4, 0.5) is 0 Å². The number of aryl methyl sites for hydroxylation is 1. The minimum Gasteiger partial charge on any atom is -0.481 e. The molecule has 21 heavy (non-hydrogen) atoms. The molecule has 0 aliphatic carbocycles. The lowest BCUT2D eigenvalue weighted by molar-refractivity contribution is -0.128. The number of carbonyl (C=O) groups excluding carboxylic acids is 2. The summed E-state index contributed by atoms with van der Waals surface area (Å²) < 4.78 is 5.52. The molecule has 6 heteroatoms. The SMILES string of the molecule is Cc1cccc(OC(C)C(=O)NNC(=O)c2cccs2)c1. The molecular weight excluding hydrogens is 288 g/mol. The van der Waals surface area contributed by atoms with Crippen molar-refractivity contribution in [1.82, 2.24) is 10.9 Å². The normalized spacial score (nSPS) is 11.5. The number of carbonyl (C=O) groups is 2. The summed E-state index contributed by atoms with van der Waals surface area (Å²) in [6, 6.07) is 10.9. The summed E-state index contributed by atoms with van der Waals surface area (Å²) in [4.78, 5) is 24.1. The Balaban J connectivity index is 1.84. The van der Waals surface area contributed by atoms with Crippen LogP contribution in [0.25, 0.3) is 0 Å². The number of amides is 2. The minimum absolute atomic E-state index is 0.346. The lowest BCUT2D eigenvalue weighted by Gasteiger charge is -2.15. The Kier molecular flexibility index (Phi) is 4.94. The van der Waals surface area contributed by atoms with Crippen LogP contribution in [0, 0.1) is 6.92 Å². The van der Waals surface area contributed by atoms with E-state index in [-0.39, 0.29) is 5.91 Å². The first kappa shape index (κ1) is 15.1. The molecule has 0 fully saturated rings. The number of thiophene rings is 1. The molecule has 1 aromatic heterocycles. The molecule has 2 amide bonds. The van der Waals surface area contributed by atoms with Crippen molar-refractivity contribution in [1.29, 1.82) is 0 Å². The van der Waals surface area contributed by atoms with Crippen molar-refractivity contribution >= 4 is 23.2 Å². The first-order chi connectivity index (χ1) is 10.1. The molecule has 110 valence electrons. The summed E-state index contributed by atoms with van der Waals surface area (Å²) >= 11 is 1.30. The number of ether oxygens (including phenoxy) is 1. The van der Waals surface area contributed by atoms with Gasteiger partial charge in [0.25, 0.3) is 11.8 Å². The fourth-order valence-corrected chi connectivity index (χ4v) is 2.25. The van der Waals surface area contributed by atoms with Crippen LogP contribution in [0.1, 0.15) is 22.2 Å². The molecule has 0 aliphatic heterocycles. The summed E-state index contributed by atoms with van der Waals surface area (Å²) in [5, 5.41) is 1.79. The van der Waals surface area contributed by atoms with Crippen LogP contribution in [-0.2, 0) is 4.79 Å². The lowest BCUT2D eigenvalue weighted by Crippen LogP contribution is -2.47. The molecule has 1 unspecified atom stereocenters. The number of hydrazine groups is 1. The largest absolute Gasteiger partial charge is 0.481 e. The van der Waals surface area contributed by atoms with Gasteiger partial charge in [-0.15, -0.1) is 11.3 Å². The fourth-order valence-electron chi connectivity index (χ4n) is 1.64. The average molecular weight is 304 g/mol. The second-order valence-corrected chi connectivity index (χ2v) is 5.44. The molecule has 0 bridgehead atoms. The minimum atomic E-state index is -0.713. The molecule has 2 N–H and O–H groups in total. The van der Waals surface area contributed by atoms with Gasteiger partial charge in [-0.25, -0.2) is 0 Å². The predicted molar refractivity (Wildman–Crippen MR) is 81.2 cm³/mol. The summed E-state index contributed by atoms with van der Waals surface area (Å²) in [5.41, 5.74) is 5.75. The molecular formula is C15H16N2O3S. The maximum Gasteiger partial charge on any atom is 0.279 e. The lowest BCUT2D eigenvalue weighted by atomic mass is 10.2. The molecule has 0 radical (unpaired) electrons. The van der Waals surface area contributed by atoms with E-state index in [4.69, 9.17) is 4.74 Å². The van der Waals surface area contributed by atoms with Crippen LogP contribution >= 0.6 is 11.3 Å². The Bertz CT molecular complexity index is 626. The monoisotopic (exact) mass is 304 g/mol. The van der Waals surface area contributed by atoms with Gasteiger partial charge in [0, 0.05) is 0 Å². The third-order valence-electron chi connectivity index (χ3n) is 2.72. The fraction of sp³-hybridized carbons (Fsp3) is 0.200. The van der Waals surface area contributed by atoms with E-state index >= 15 is 0 Å². The van der Waals surface area contributed by atoms with E-state index in [0.29, 0.717) is 10.6 Å². The number of hydrogen-bond donors (Lipinski definition) is 2. The molecule has 5 nitrogen and oxygen atoms in total. The average Bonchev–Trinajstić information content (AvgIpc) is 2.98. The van der Waals surface area contributed by atoms with Gasteiger partial charge in [-0.3, -0.25) is 20.4 Å². The first-order valence-corrected chi connectivity index (χ1v) is 7.31. The van der Waals surface area contributed by atoms with Crippen LogP contribution in [0.2, 0.25) is 0 Å². The Morgan fingerprint density at radius 1 is 1.19 bits per heavy atom. The van der Waals surface area contributed by atoms with Gasteiger partial charge >= 0.3 is 0 Å². The van der Waals surface area contributed by atoms with Crippen molar-refractivity contribution in [2.24, 2.45) is 0 Å². The number of rotatable bonds is 4. The van der Waals surface area contributed by atoms with Crippen molar-refractivity contribution in [3.63, 3.8) is 0 Å². The van der Waals surface area contributed by atoms with Crippen LogP contribution in [0.15, 0.2) is 41.8 Å². The van der Waals surface area contributed by atoms with E-state index in [9.17, 15) is 9.59 Å². The molecule has 0 spiro atoms. The van der Waals surface area contributed by atoms with Crippen LogP contribution in [0.5, 0.6) is 5.75 Å². The standard InChI is InChI=1S/C15H16N2O3S/c1-10-5-3-6-12(9-10)20-11(2)14(18)16-17-15(19)13-7-4-8-21-13/h3-9,11H,1-2H3,(H,16,18)(H,17,19). The summed E-state index contributed by atoms with van der Waals surface area (Å²) in [7, 11) is 0. The Morgan fingerprint density at radius 3 is 2.67 bits per heavy atom. The summed E-state index contributed by atoms with van der Waals surface area (Å²) in [6.45, 7) is 3.56. The third kappa shape index (κ3) is 4.32. The highest BCUT2D eigenvalue weighted by molar-refractivity contribution is 7.12. The first-order valence-electron chi connectivity index (χ1n) is 6.43. The van der Waals surface area contributed by atoms with Crippen LogP contribution in [0.3, 0.4) is 0 Å². The molecule has 2 rings (SSSR count). The van der Waals surface area contributed by atoms with E-state index in [1.807, 2.05) is 25.1 Å². The van der Waals surface area contributed by atoms with Gasteiger partial charge in [0.05, 0.1) is 4.88 Å². The van der Waals surface area contributed by atoms with E-state index in [1.54, 1.807) is 30.5 Å². The van der Waals surface area contributed by atoms with Crippen molar-refractivity contribution in [3.8, 4) is 5.75 Å². The zero-order chi connectivity index (χ0) is 15.2. The molecule has 1 aromatic carbocycles. The van der Waals surface area contributed by atoms with Crippen molar-refractivity contribution in [3.05, 3.63) is 52.2 Å². The Labute approximate surface area is 126 Å². The maximum atomic E-state index is 11.9. The highest BCUT2D eigenvalue weighted by atomic mass is 32.1. The highest BCUT2D eigenvalue weighted by Crippen LogP contribution is 2.14. The van der Waals surface area contributed by atoms with Gasteiger partial charge < -0.3 is 4.74 Å². The summed E-state index contributed by atoms with van der Waals surface area (Å²) in [6.07, 6.45) is -0.713.